The zero-order valence-corrected chi connectivity index (χ0v) is 15.4. The Hall–Kier alpha value is -2.78. The summed E-state index contributed by atoms with van der Waals surface area (Å²) in [6, 6.07) is 9.22. The van der Waals surface area contributed by atoms with E-state index in [0.717, 1.165) is 12.8 Å². The number of hydrogen-bond donors (Lipinski definition) is 2. The summed E-state index contributed by atoms with van der Waals surface area (Å²) in [4.78, 5) is 32.2. The Morgan fingerprint density at radius 2 is 1.78 bits per heavy atom. The first-order valence-corrected chi connectivity index (χ1v) is 10.0. The van der Waals surface area contributed by atoms with Crippen molar-refractivity contribution in [3.05, 3.63) is 69.0 Å². The third-order valence-corrected chi connectivity index (χ3v) is 6.69. The van der Waals surface area contributed by atoms with Crippen LogP contribution in [-0.2, 0) is 10.0 Å². The van der Waals surface area contributed by atoms with E-state index in [2.05, 4.69) is 15.0 Å². The van der Waals surface area contributed by atoms with E-state index in [0.29, 0.717) is 11.2 Å². The van der Waals surface area contributed by atoms with Crippen LogP contribution in [0.2, 0.25) is 0 Å². The molecule has 1 saturated carbocycles. The maximum absolute atomic E-state index is 13.4. The van der Waals surface area contributed by atoms with Crippen LogP contribution in [0, 0.1) is 0 Å². The molecule has 1 aliphatic rings. The Kier molecular flexibility index (Phi) is 4.20. The Bertz CT molecular complexity index is 1210. The lowest BCUT2D eigenvalue weighted by molar-refractivity contribution is 0.329. The molecule has 0 spiro atoms. The number of nitrogens with one attached hydrogen (secondary N) is 2. The molecule has 0 amide bonds. The predicted octanol–water partition coefficient (Wildman–Crippen LogP) is 1.53. The number of sulfonamides is 1. The maximum Gasteiger partial charge on any atom is 0.314 e. The minimum Gasteiger partial charge on any atom is -0.316 e. The van der Waals surface area contributed by atoms with Crippen LogP contribution in [0.4, 0.5) is 0 Å². The number of pyridine rings is 1. The second-order valence-electron chi connectivity index (χ2n) is 6.61. The standard InChI is InChI=1S/C18H18N4O4S/c1-11(14-4-2-3-9-19-14)22(12-5-6-12)27(25,26)13-7-8-15-16(10-13)21-18(24)17(23)20-15/h2-4,7-12H,5-6H2,1H3,(H,20,23)(H,21,24). The first-order chi connectivity index (χ1) is 12.9. The number of benzene rings is 1. The van der Waals surface area contributed by atoms with Crippen LogP contribution in [0.5, 0.6) is 0 Å². The van der Waals surface area contributed by atoms with Gasteiger partial charge in [0.15, 0.2) is 0 Å². The van der Waals surface area contributed by atoms with Crippen LogP contribution < -0.4 is 11.1 Å². The molecule has 1 aliphatic carbocycles. The van der Waals surface area contributed by atoms with Crippen LogP contribution in [0.1, 0.15) is 31.5 Å². The van der Waals surface area contributed by atoms with E-state index >= 15 is 0 Å². The smallest absolute Gasteiger partial charge is 0.314 e. The highest BCUT2D eigenvalue weighted by Gasteiger charge is 2.42. The van der Waals surface area contributed by atoms with Gasteiger partial charge in [0.05, 0.1) is 27.7 Å². The normalized spacial score (nSPS) is 15.9. The number of nitrogens with zero attached hydrogens (tertiary/aromatic N) is 2. The molecule has 2 heterocycles. The third-order valence-electron chi connectivity index (χ3n) is 4.67. The molecule has 2 aromatic heterocycles. The fourth-order valence-electron chi connectivity index (χ4n) is 3.18. The molecule has 1 aromatic carbocycles. The molecular weight excluding hydrogens is 368 g/mol. The largest absolute Gasteiger partial charge is 0.316 e. The van der Waals surface area contributed by atoms with Crippen molar-refractivity contribution in [2.75, 3.05) is 0 Å². The summed E-state index contributed by atoms with van der Waals surface area (Å²) in [6.45, 7) is 1.82. The van der Waals surface area contributed by atoms with Crippen molar-refractivity contribution in [1.29, 1.82) is 0 Å². The summed E-state index contributed by atoms with van der Waals surface area (Å²) in [6.07, 6.45) is 3.24. The maximum atomic E-state index is 13.4. The van der Waals surface area contributed by atoms with Crippen molar-refractivity contribution < 1.29 is 8.42 Å². The number of H-pyrrole nitrogens is 2. The lowest BCUT2D eigenvalue weighted by atomic mass is 10.2. The van der Waals surface area contributed by atoms with Gasteiger partial charge in [-0.05, 0) is 50.1 Å². The van der Waals surface area contributed by atoms with Gasteiger partial charge in [0.25, 0.3) is 0 Å². The van der Waals surface area contributed by atoms with E-state index in [1.54, 1.807) is 18.3 Å². The van der Waals surface area contributed by atoms with Crippen LogP contribution >= 0.6 is 0 Å². The Morgan fingerprint density at radius 1 is 1.07 bits per heavy atom. The van der Waals surface area contributed by atoms with Gasteiger partial charge in [0.1, 0.15) is 0 Å². The van der Waals surface area contributed by atoms with E-state index in [1.807, 2.05) is 13.0 Å². The zero-order chi connectivity index (χ0) is 19.2. The van der Waals surface area contributed by atoms with Crippen LogP contribution in [0.15, 0.2) is 57.1 Å². The Balaban J connectivity index is 1.80. The minimum atomic E-state index is -3.82. The number of fused-ring (bicyclic) bond motifs is 1. The predicted molar refractivity (Wildman–Crippen MR) is 99.9 cm³/mol. The van der Waals surface area contributed by atoms with Gasteiger partial charge in [0.2, 0.25) is 10.0 Å². The molecule has 140 valence electrons. The van der Waals surface area contributed by atoms with E-state index in [4.69, 9.17) is 0 Å². The van der Waals surface area contributed by atoms with Crippen molar-refractivity contribution in [3.63, 3.8) is 0 Å². The molecule has 0 aliphatic heterocycles. The van der Waals surface area contributed by atoms with Gasteiger partial charge in [0, 0.05) is 12.2 Å². The molecule has 2 N–H and O–H groups in total. The average Bonchev–Trinajstić information content (AvgIpc) is 3.47. The van der Waals surface area contributed by atoms with Gasteiger partial charge in [-0.1, -0.05) is 6.07 Å². The summed E-state index contributed by atoms with van der Waals surface area (Å²) in [5, 5.41) is 0. The van der Waals surface area contributed by atoms with Crippen molar-refractivity contribution in [1.82, 2.24) is 19.3 Å². The summed E-state index contributed by atoms with van der Waals surface area (Å²) in [5.41, 5.74) is -0.290. The topological polar surface area (TPSA) is 116 Å². The van der Waals surface area contributed by atoms with Gasteiger partial charge in [-0.25, -0.2) is 8.42 Å². The van der Waals surface area contributed by atoms with E-state index in [-0.39, 0.29) is 16.5 Å². The lowest BCUT2D eigenvalue weighted by Gasteiger charge is -2.28. The first kappa shape index (κ1) is 17.6. The summed E-state index contributed by atoms with van der Waals surface area (Å²) < 4.78 is 28.2. The highest BCUT2D eigenvalue weighted by Crippen LogP contribution is 2.38. The molecular formula is C18H18N4O4S. The Morgan fingerprint density at radius 3 is 2.41 bits per heavy atom. The number of aromatic nitrogens is 3. The number of rotatable bonds is 5. The first-order valence-electron chi connectivity index (χ1n) is 8.59. The summed E-state index contributed by atoms with van der Waals surface area (Å²) in [5.74, 6) is 0. The second-order valence-corrected chi connectivity index (χ2v) is 8.46. The van der Waals surface area contributed by atoms with E-state index in [9.17, 15) is 18.0 Å². The van der Waals surface area contributed by atoms with Gasteiger partial charge >= 0.3 is 11.1 Å². The van der Waals surface area contributed by atoms with E-state index in [1.165, 1.54) is 22.5 Å². The number of aromatic amines is 2. The van der Waals surface area contributed by atoms with Crippen LogP contribution in [0.25, 0.3) is 11.0 Å². The molecule has 1 atom stereocenters. The van der Waals surface area contributed by atoms with E-state index < -0.39 is 27.2 Å². The monoisotopic (exact) mass is 386 g/mol. The van der Waals surface area contributed by atoms with Crippen molar-refractivity contribution in [2.45, 2.75) is 36.7 Å². The SMILES string of the molecule is CC(c1ccccn1)N(C1CC1)S(=O)(=O)c1ccc2[nH]c(=O)c(=O)[nH]c2c1. The van der Waals surface area contributed by atoms with Crippen molar-refractivity contribution in [3.8, 4) is 0 Å². The lowest BCUT2D eigenvalue weighted by Crippen LogP contribution is -2.36. The molecule has 3 aromatic rings. The molecule has 27 heavy (non-hydrogen) atoms. The Labute approximate surface area is 154 Å². The zero-order valence-electron chi connectivity index (χ0n) is 14.5. The quantitative estimate of drug-likeness (QED) is 0.645. The highest BCUT2D eigenvalue weighted by molar-refractivity contribution is 7.89. The molecule has 8 nitrogen and oxygen atoms in total. The number of hydrogen-bond acceptors (Lipinski definition) is 5. The third kappa shape index (κ3) is 3.19. The molecule has 1 fully saturated rings. The summed E-state index contributed by atoms with van der Waals surface area (Å²) in [7, 11) is -3.82. The molecule has 9 heteroatoms. The molecule has 1 unspecified atom stereocenters. The fraction of sp³-hybridized carbons (Fsp3) is 0.278. The molecule has 0 bridgehead atoms. The van der Waals surface area contributed by atoms with Gasteiger partial charge in [-0.2, -0.15) is 4.31 Å². The fourth-order valence-corrected chi connectivity index (χ4v) is 5.06. The van der Waals surface area contributed by atoms with Crippen LogP contribution in [0.3, 0.4) is 0 Å². The summed E-state index contributed by atoms with van der Waals surface area (Å²) >= 11 is 0. The van der Waals surface area contributed by atoms with Gasteiger partial charge in [-0.15, -0.1) is 0 Å². The van der Waals surface area contributed by atoms with Crippen molar-refractivity contribution >= 4 is 21.1 Å². The van der Waals surface area contributed by atoms with Gasteiger partial charge in [-0.3, -0.25) is 14.6 Å². The molecule has 0 radical (unpaired) electrons. The van der Waals surface area contributed by atoms with Crippen molar-refractivity contribution in [2.24, 2.45) is 0 Å². The van der Waals surface area contributed by atoms with Crippen LogP contribution in [-0.4, -0.2) is 33.7 Å². The molecule has 0 saturated heterocycles. The average molecular weight is 386 g/mol. The van der Waals surface area contributed by atoms with Gasteiger partial charge < -0.3 is 9.97 Å². The minimum absolute atomic E-state index is 0.0624. The second kappa shape index (κ2) is 6.43. The molecule has 4 rings (SSSR count). The highest BCUT2D eigenvalue weighted by atomic mass is 32.2.